The number of hydrogen-bond acceptors (Lipinski definition) is 5. The predicted molar refractivity (Wildman–Crippen MR) is 115 cm³/mol. The molecule has 1 heterocycles. The van der Waals surface area contributed by atoms with Gasteiger partial charge in [0.2, 0.25) is 34.8 Å². The van der Waals surface area contributed by atoms with Gasteiger partial charge in [-0.15, -0.1) is 0 Å². The van der Waals surface area contributed by atoms with Gasteiger partial charge in [-0.25, -0.2) is 18.0 Å². The van der Waals surface area contributed by atoms with E-state index >= 15 is 0 Å². The van der Waals surface area contributed by atoms with Crippen molar-refractivity contribution in [2.24, 2.45) is 0 Å². The first kappa shape index (κ1) is 26.0. The smallest absolute Gasteiger partial charge is 0.344 e. The Hall–Kier alpha value is -2.66. The Morgan fingerprint density at radius 3 is 2.15 bits per heavy atom. The fraction of sp³-hybridized carbons (Fsp3) is 0.435. The van der Waals surface area contributed by atoms with E-state index in [1.54, 1.807) is 0 Å². The van der Waals surface area contributed by atoms with E-state index < -0.39 is 55.2 Å². The molecular weight excluding hydrogens is 479 g/mol. The fourth-order valence-corrected chi connectivity index (χ4v) is 3.99. The number of esters is 1. The van der Waals surface area contributed by atoms with Crippen LogP contribution < -0.4 is 14.2 Å². The molecule has 11 heteroatoms. The molecule has 0 unspecified atom stereocenters. The van der Waals surface area contributed by atoms with Crippen LogP contribution in [0.2, 0.25) is 18.1 Å². The molecule has 1 aliphatic rings. The molecule has 0 spiro atoms. The van der Waals surface area contributed by atoms with Crippen LogP contribution in [0.4, 0.5) is 22.0 Å². The van der Waals surface area contributed by atoms with E-state index in [-0.39, 0.29) is 35.1 Å². The fourth-order valence-electron chi connectivity index (χ4n) is 2.95. The van der Waals surface area contributed by atoms with Gasteiger partial charge in [-0.2, -0.15) is 8.78 Å². The van der Waals surface area contributed by atoms with E-state index in [0.717, 1.165) is 0 Å². The van der Waals surface area contributed by atoms with Crippen molar-refractivity contribution in [3.63, 3.8) is 0 Å². The summed E-state index contributed by atoms with van der Waals surface area (Å²) >= 11 is 0. The summed E-state index contributed by atoms with van der Waals surface area (Å²) in [7, 11) is -2.06. The minimum absolute atomic E-state index is 0.0167. The molecule has 5 nitrogen and oxygen atoms in total. The number of fused-ring (bicyclic) bond motifs is 1. The maximum Gasteiger partial charge on any atom is 0.344 e. The average molecular weight is 505 g/mol. The molecule has 0 radical (unpaired) electrons. The van der Waals surface area contributed by atoms with Crippen LogP contribution in [0.15, 0.2) is 12.1 Å². The van der Waals surface area contributed by atoms with Crippen LogP contribution in [0.1, 0.15) is 36.7 Å². The summed E-state index contributed by atoms with van der Waals surface area (Å²) in [4.78, 5) is 12.6. The van der Waals surface area contributed by atoms with E-state index in [0.29, 0.717) is 5.75 Å². The van der Waals surface area contributed by atoms with E-state index in [1.165, 1.54) is 19.1 Å². The van der Waals surface area contributed by atoms with Crippen molar-refractivity contribution in [3.05, 3.63) is 52.3 Å². The van der Waals surface area contributed by atoms with Crippen molar-refractivity contribution in [1.82, 2.24) is 0 Å². The standard InChI is InChI=1S/C23H25F5O5Si/c1-11-13(22(29)33-21-18(27)16(25)15(24)17(26)19(21)28)7-8-14-20(11)32-12(9-30-14)10-31-34(5,6)23(2,3)4/h7-8,12H,9-10H2,1-6H3/t12-/m0/s1. The van der Waals surface area contributed by atoms with Crippen LogP contribution in [0, 0.1) is 36.0 Å². The van der Waals surface area contributed by atoms with Crippen molar-refractivity contribution in [1.29, 1.82) is 0 Å². The third-order valence-electron chi connectivity index (χ3n) is 6.10. The zero-order chi connectivity index (χ0) is 25.6. The summed E-state index contributed by atoms with van der Waals surface area (Å²) in [5, 5.41) is -0.0167. The summed E-state index contributed by atoms with van der Waals surface area (Å²) < 4.78 is 90.3. The molecule has 34 heavy (non-hydrogen) atoms. The lowest BCUT2D eigenvalue weighted by molar-refractivity contribution is 0.0481. The van der Waals surface area contributed by atoms with Gasteiger partial charge >= 0.3 is 5.97 Å². The summed E-state index contributed by atoms with van der Waals surface area (Å²) in [5.41, 5.74) is 0.0145. The van der Waals surface area contributed by atoms with Crippen LogP contribution in [-0.2, 0) is 4.43 Å². The minimum atomic E-state index is -2.35. The maximum absolute atomic E-state index is 13.9. The second-order valence-corrected chi connectivity index (χ2v) is 14.3. The largest absolute Gasteiger partial charge is 0.486 e. The number of hydrogen-bond donors (Lipinski definition) is 0. The van der Waals surface area contributed by atoms with Crippen LogP contribution in [-0.4, -0.2) is 33.6 Å². The van der Waals surface area contributed by atoms with Gasteiger partial charge in [0.25, 0.3) is 0 Å². The number of carbonyl (C=O) groups is 1. The van der Waals surface area contributed by atoms with Gasteiger partial charge in [0, 0.05) is 5.56 Å². The van der Waals surface area contributed by atoms with Gasteiger partial charge in [0.1, 0.15) is 6.61 Å². The van der Waals surface area contributed by atoms with E-state index in [1.807, 2.05) is 0 Å². The number of carbonyl (C=O) groups excluding carboxylic acids is 1. The predicted octanol–water partition coefficient (Wildman–Crippen LogP) is 6.07. The lowest BCUT2D eigenvalue weighted by atomic mass is 10.1. The molecule has 1 aliphatic heterocycles. The molecule has 0 N–H and O–H groups in total. The van der Waals surface area contributed by atoms with E-state index in [2.05, 4.69) is 38.6 Å². The Balaban J connectivity index is 1.83. The molecule has 0 amide bonds. The lowest BCUT2D eigenvalue weighted by Crippen LogP contribution is -2.45. The third kappa shape index (κ3) is 4.76. The Labute approximate surface area is 194 Å². The molecular formula is C23H25F5O5Si. The third-order valence-corrected chi connectivity index (χ3v) is 10.6. The monoisotopic (exact) mass is 504 g/mol. The highest BCUT2D eigenvalue weighted by Crippen LogP contribution is 2.40. The zero-order valence-corrected chi connectivity index (χ0v) is 20.6. The van der Waals surface area contributed by atoms with Crippen LogP contribution in [0.3, 0.4) is 0 Å². The van der Waals surface area contributed by atoms with Gasteiger partial charge in [-0.1, -0.05) is 20.8 Å². The highest BCUT2D eigenvalue weighted by molar-refractivity contribution is 6.74. The van der Waals surface area contributed by atoms with Crippen LogP contribution >= 0.6 is 0 Å². The van der Waals surface area contributed by atoms with Crippen LogP contribution in [0.5, 0.6) is 17.2 Å². The Bertz CT molecular complexity index is 1100. The first-order valence-electron chi connectivity index (χ1n) is 10.5. The summed E-state index contributed by atoms with van der Waals surface area (Å²) in [6, 6.07) is 2.64. The Morgan fingerprint density at radius 1 is 1.03 bits per heavy atom. The van der Waals surface area contributed by atoms with Crippen molar-refractivity contribution in [2.75, 3.05) is 13.2 Å². The van der Waals surface area contributed by atoms with Crippen molar-refractivity contribution in [2.45, 2.75) is 51.9 Å². The molecule has 186 valence electrons. The molecule has 1 atom stereocenters. The Morgan fingerprint density at radius 2 is 1.59 bits per heavy atom. The summed E-state index contributed by atoms with van der Waals surface area (Å²) in [5.74, 6) is -13.8. The SMILES string of the molecule is Cc1c(C(=O)Oc2c(F)c(F)c(F)c(F)c2F)ccc2c1O[C@H](CO[Si](C)(C)C(C)(C)C)CO2. The number of benzene rings is 2. The number of rotatable bonds is 5. The molecule has 0 saturated heterocycles. The van der Waals surface area contributed by atoms with E-state index in [9.17, 15) is 26.7 Å². The topological polar surface area (TPSA) is 54.0 Å². The lowest BCUT2D eigenvalue weighted by Gasteiger charge is -2.38. The molecule has 0 aliphatic carbocycles. The summed E-state index contributed by atoms with van der Waals surface area (Å²) in [6.45, 7) is 12.4. The van der Waals surface area contributed by atoms with Crippen molar-refractivity contribution < 1.29 is 45.4 Å². The Kier molecular flexibility index (Phi) is 7.01. The van der Waals surface area contributed by atoms with Gasteiger partial charge in [-0.05, 0) is 37.2 Å². The van der Waals surface area contributed by atoms with Crippen molar-refractivity contribution >= 4 is 14.3 Å². The molecule has 0 fully saturated rings. The van der Waals surface area contributed by atoms with Crippen LogP contribution in [0.25, 0.3) is 0 Å². The molecule has 0 saturated carbocycles. The zero-order valence-electron chi connectivity index (χ0n) is 19.6. The van der Waals surface area contributed by atoms with Gasteiger partial charge in [-0.3, -0.25) is 0 Å². The maximum atomic E-state index is 13.9. The second-order valence-electron chi connectivity index (χ2n) is 9.48. The highest BCUT2D eigenvalue weighted by atomic mass is 28.4. The van der Waals surface area contributed by atoms with Gasteiger partial charge < -0.3 is 18.6 Å². The molecule has 0 bridgehead atoms. The quantitative estimate of drug-likeness (QED) is 0.124. The number of ether oxygens (including phenoxy) is 3. The van der Waals surface area contributed by atoms with E-state index in [4.69, 9.17) is 13.9 Å². The molecule has 3 rings (SSSR count). The minimum Gasteiger partial charge on any atom is -0.486 e. The highest BCUT2D eigenvalue weighted by Gasteiger charge is 2.38. The first-order valence-corrected chi connectivity index (χ1v) is 13.4. The molecule has 2 aromatic rings. The van der Waals surface area contributed by atoms with Gasteiger partial charge in [0.15, 0.2) is 25.9 Å². The van der Waals surface area contributed by atoms with Crippen molar-refractivity contribution in [3.8, 4) is 17.2 Å². The normalized spacial score (nSPS) is 15.9. The number of halogens is 5. The van der Waals surface area contributed by atoms with Gasteiger partial charge in [0.05, 0.1) is 12.2 Å². The second kappa shape index (κ2) is 9.18. The molecule has 0 aromatic heterocycles. The first-order chi connectivity index (χ1) is 15.7. The average Bonchev–Trinajstić information content (AvgIpc) is 2.77. The summed E-state index contributed by atoms with van der Waals surface area (Å²) in [6.07, 6.45) is -0.484. The molecule has 2 aromatic carbocycles.